The molecule has 0 bridgehead atoms. The molecule has 0 saturated carbocycles. The molecule has 1 aromatic carbocycles. The van der Waals surface area contributed by atoms with Gasteiger partial charge in [0.05, 0.1) is 5.52 Å². The Balaban J connectivity index is 2.71. The van der Waals surface area contributed by atoms with Crippen molar-refractivity contribution in [2.75, 3.05) is 7.05 Å². The lowest BCUT2D eigenvalue weighted by molar-refractivity contribution is 0.534. The first-order chi connectivity index (χ1) is 8.04. The third-order valence-electron chi connectivity index (χ3n) is 3.23. The number of hydrogen-bond donors (Lipinski definition) is 1. The molecule has 0 saturated heterocycles. The average molecular weight is 234 g/mol. The molecule has 0 amide bonds. The van der Waals surface area contributed by atoms with Crippen molar-refractivity contribution >= 4 is 10.9 Å². The highest BCUT2D eigenvalue weighted by Crippen LogP contribution is 2.28. The molecule has 1 heterocycles. The SMILES string of the molecule is CNC(C)c1cc2ccc(F)cc2n1C(C)C. The fraction of sp³-hybridized carbons (Fsp3) is 0.429. The number of nitrogens with one attached hydrogen (secondary N) is 1. The van der Waals surface area contributed by atoms with Crippen LogP contribution in [0, 0.1) is 5.82 Å². The molecule has 0 aliphatic carbocycles. The normalized spacial score (nSPS) is 13.5. The lowest BCUT2D eigenvalue weighted by Gasteiger charge is -2.18. The number of nitrogens with zero attached hydrogens (tertiary/aromatic N) is 1. The van der Waals surface area contributed by atoms with Gasteiger partial charge in [-0.05, 0) is 52.1 Å². The molecule has 2 rings (SSSR count). The summed E-state index contributed by atoms with van der Waals surface area (Å²) in [7, 11) is 1.94. The van der Waals surface area contributed by atoms with E-state index in [4.69, 9.17) is 0 Å². The fourth-order valence-corrected chi connectivity index (χ4v) is 2.27. The summed E-state index contributed by atoms with van der Waals surface area (Å²) in [6, 6.07) is 7.68. The Kier molecular flexibility index (Phi) is 3.20. The van der Waals surface area contributed by atoms with Gasteiger partial charge in [0.2, 0.25) is 0 Å². The topological polar surface area (TPSA) is 17.0 Å². The second-order valence-electron chi connectivity index (χ2n) is 4.75. The first-order valence-corrected chi connectivity index (χ1v) is 6.02. The molecule has 1 N–H and O–H groups in total. The zero-order valence-electron chi connectivity index (χ0n) is 10.8. The molecule has 1 atom stereocenters. The minimum atomic E-state index is -0.179. The molecule has 0 fully saturated rings. The van der Waals surface area contributed by atoms with Crippen LogP contribution in [0.1, 0.15) is 38.5 Å². The van der Waals surface area contributed by atoms with Gasteiger partial charge in [-0.3, -0.25) is 0 Å². The Bertz CT molecular complexity index is 528. The summed E-state index contributed by atoms with van der Waals surface area (Å²) < 4.78 is 15.5. The van der Waals surface area contributed by atoms with Crippen molar-refractivity contribution in [3.63, 3.8) is 0 Å². The van der Waals surface area contributed by atoms with E-state index >= 15 is 0 Å². The largest absolute Gasteiger partial charge is 0.340 e. The fourth-order valence-electron chi connectivity index (χ4n) is 2.27. The summed E-state index contributed by atoms with van der Waals surface area (Å²) in [5, 5.41) is 4.33. The first kappa shape index (κ1) is 12.1. The maximum absolute atomic E-state index is 13.3. The quantitative estimate of drug-likeness (QED) is 0.858. The standard InChI is InChI=1S/C14H19FN2/c1-9(2)17-13(10(3)16-4)7-11-5-6-12(15)8-14(11)17/h5-10,16H,1-4H3. The van der Waals surface area contributed by atoms with Crippen LogP contribution in [0.15, 0.2) is 24.3 Å². The Morgan fingerprint density at radius 1 is 1.18 bits per heavy atom. The van der Waals surface area contributed by atoms with E-state index in [1.807, 2.05) is 13.1 Å². The van der Waals surface area contributed by atoms with E-state index in [0.717, 1.165) is 10.9 Å². The van der Waals surface area contributed by atoms with Crippen LogP contribution in [0.5, 0.6) is 0 Å². The predicted octanol–water partition coefficient (Wildman–Crippen LogP) is 3.64. The minimum Gasteiger partial charge on any atom is -0.340 e. The molecule has 1 unspecified atom stereocenters. The monoisotopic (exact) mass is 234 g/mol. The number of halogens is 1. The van der Waals surface area contributed by atoms with Crippen molar-refractivity contribution in [3.8, 4) is 0 Å². The van der Waals surface area contributed by atoms with Crippen LogP contribution in [-0.4, -0.2) is 11.6 Å². The summed E-state index contributed by atoms with van der Waals surface area (Å²) in [5.74, 6) is -0.179. The maximum atomic E-state index is 13.3. The molecular weight excluding hydrogens is 215 g/mol. The van der Waals surface area contributed by atoms with Gasteiger partial charge in [0.1, 0.15) is 5.82 Å². The predicted molar refractivity (Wildman–Crippen MR) is 69.8 cm³/mol. The van der Waals surface area contributed by atoms with E-state index in [2.05, 4.69) is 36.7 Å². The summed E-state index contributed by atoms with van der Waals surface area (Å²) >= 11 is 0. The summed E-state index contributed by atoms with van der Waals surface area (Å²) in [5.41, 5.74) is 2.17. The number of fused-ring (bicyclic) bond motifs is 1. The van der Waals surface area contributed by atoms with Crippen molar-refractivity contribution in [3.05, 3.63) is 35.8 Å². The third-order valence-corrected chi connectivity index (χ3v) is 3.23. The van der Waals surface area contributed by atoms with Crippen molar-refractivity contribution in [2.24, 2.45) is 0 Å². The summed E-state index contributed by atoms with van der Waals surface area (Å²) in [6.45, 7) is 6.36. The zero-order valence-corrected chi connectivity index (χ0v) is 10.8. The van der Waals surface area contributed by atoms with Gasteiger partial charge in [-0.25, -0.2) is 4.39 Å². The third kappa shape index (κ3) is 2.07. The Morgan fingerprint density at radius 2 is 1.88 bits per heavy atom. The molecule has 0 radical (unpaired) electrons. The molecule has 1 aromatic heterocycles. The van der Waals surface area contributed by atoms with Crippen molar-refractivity contribution in [1.29, 1.82) is 0 Å². The van der Waals surface area contributed by atoms with Crippen LogP contribution >= 0.6 is 0 Å². The van der Waals surface area contributed by atoms with Crippen LogP contribution in [0.25, 0.3) is 10.9 Å². The minimum absolute atomic E-state index is 0.179. The lowest BCUT2D eigenvalue weighted by Crippen LogP contribution is -2.17. The van der Waals surface area contributed by atoms with Gasteiger partial charge in [-0.1, -0.05) is 0 Å². The van der Waals surface area contributed by atoms with Gasteiger partial charge >= 0.3 is 0 Å². The van der Waals surface area contributed by atoms with Crippen LogP contribution in [0.3, 0.4) is 0 Å². The maximum Gasteiger partial charge on any atom is 0.125 e. The Morgan fingerprint density at radius 3 is 2.47 bits per heavy atom. The average Bonchev–Trinajstić information content (AvgIpc) is 2.66. The number of aromatic nitrogens is 1. The molecular formula is C14H19FN2. The summed E-state index contributed by atoms with van der Waals surface area (Å²) in [6.07, 6.45) is 0. The molecule has 3 heteroatoms. The number of hydrogen-bond acceptors (Lipinski definition) is 1. The van der Waals surface area contributed by atoms with E-state index in [-0.39, 0.29) is 11.9 Å². The van der Waals surface area contributed by atoms with Crippen molar-refractivity contribution in [1.82, 2.24) is 9.88 Å². The molecule has 2 nitrogen and oxygen atoms in total. The van der Waals surface area contributed by atoms with E-state index < -0.39 is 0 Å². The molecule has 0 aliphatic rings. The molecule has 0 aliphatic heterocycles. The van der Waals surface area contributed by atoms with Crippen LogP contribution in [-0.2, 0) is 0 Å². The number of rotatable bonds is 3. The number of benzene rings is 1. The molecule has 0 spiro atoms. The van der Waals surface area contributed by atoms with Gasteiger partial charge in [0, 0.05) is 23.2 Å². The van der Waals surface area contributed by atoms with Gasteiger partial charge < -0.3 is 9.88 Å². The van der Waals surface area contributed by atoms with E-state index in [1.54, 1.807) is 6.07 Å². The van der Waals surface area contributed by atoms with Crippen LogP contribution < -0.4 is 5.32 Å². The first-order valence-electron chi connectivity index (χ1n) is 6.02. The second-order valence-corrected chi connectivity index (χ2v) is 4.75. The van der Waals surface area contributed by atoms with Crippen LogP contribution in [0.2, 0.25) is 0 Å². The smallest absolute Gasteiger partial charge is 0.125 e. The van der Waals surface area contributed by atoms with E-state index in [1.165, 1.54) is 11.8 Å². The molecule has 2 aromatic rings. The van der Waals surface area contributed by atoms with Crippen molar-refractivity contribution in [2.45, 2.75) is 32.9 Å². The van der Waals surface area contributed by atoms with Gasteiger partial charge in [0.25, 0.3) is 0 Å². The second kappa shape index (κ2) is 4.49. The van der Waals surface area contributed by atoms with E-state index in [0.29, 0.717) is 6.04 Å². The van der Waals surface area contributed by atoms with Gasteiger partial charge in [-0.2, -0.15) is 0 Å². The van der Waals surface area contributed by atoms with Crippen molar-refractivity contribution < 1.29 is 4.39 Å². The molecule has 17 heavy (non-hydrogen) atoms. The zero-order chi connectivity index (χ0) is 12.6. The van der Waals surface area contributed by atoms with Crippen LogP contribution in [0.4, 0.5) is 4.39 Å². The highest BCUT2D eigenvalue weighted by atomic mass is 19.1. The Labute approximate surface area is 101 Å². The Hall–Kier alpha value is -1.35. The summed E-state index contributed by atoms with van der Waals surface area (Å²) in [4.78, 5) is 0. The van der Waals surface area contributed by atoms with Gasteiger partial charge in [-0.15, -0.1) is 0 Å². The lowest BCUT2D eigenvalue weighted by atomic mass is 10.2. The molecule has 92 valence electrons. The highest BCUT2D eigenvalue weighted by Gasteiger charge is 2.15. The highest BCUT2D eigenvalue weighted by molar-refractivity contribution is 5.81. The van der Waals surface area contributed by atoms with E-state index in [9.17, 15) is 4.39 Å². The van der Waals surface area contributed by atoms with Gasteiger partial charge in [0.15, 0.2) is 0 Å².